The van der Waals surface area contributed by atoms with E-state index >= 15 is 0 Å². The highest BCUT2D eigenvalue weighted by Crippen LogP contribution is 2.28. The molecule has 1 rings (SSSR count). The van der Waals surface area contributed by atoms with Gasteiger partial charge in [0.1, 0.15) is 0 Å². The van der Waals surface area contributed by atoms with Crippen LogP contribution in [0, 0.1) is 11.8 Å². The highest BCUT2D eigenvalue weighted by Gasteiger charge is 2.23. The molecule has 1 aliphatic rings. The summed E-state index contributed by atoms with van der Waals surface area (Å²) in [5, 5.41) is 9.85. The highest BCUT2D eigenvalue weighted by molar-refractivity contribution is 4.74. The van der Waals surface area contributed by atoms with Crippen molar-refractivity contribution >= 4 is 0 Å². The first-order valence-corrected chi connectivity index (χ1v) is 5.91. The van der Waals surface area contributed by atoms with E-state index in [4.69, 9.17) is 4.74 Å². The lowest BCUT2D eigenvalue weighted by molar-refractivity contribution is -0.0385. The van der Waals surface area contributed by atoms with Crippen LogP contribution in [0.1, 0.15) is 46.5 Å². The van der Waals surface area contributed by atoms with Gasteiger partial charge < -0.3 is 9.84 Å². The lowest BCUT2D eigenvalue weighted by Gasteiger charge is -2.22. The summed E-state index contributed by atoms with van der Waals surface area (Å²) in [6.45, 7) is 6.88. The molecule has 1 fully saturated rings. The molecule has 84 valence electrons. The average molecular weight is 200 g/mol. The van der Waals surface area contributed by atoms with E-state index in [0.717, 1.165) is 0 Å². The van der Waals surface area contributed by atoms with Gasteiger partial charge in [-0.3, -0.25) is 0 Å². The number of hydrogen-bond acceptors (Lipinski definition) is 2. The summed E-state index contributed by atoms with van der Waals surface area (Å²) in [5.41, 5.74) is 0. The lowest BCUT2D eigenvalue weighted by Crippen LogP contribution is -2.27. The molecule has 1 aliphatic carbocycles. The van der Waals surface area contributed by atoms with Gasteiger partial charge in [-0.1, -0.05) is 26.7 Å². The normalized spacial score (nSPS) is 22.9. The Morgan fingerprint density at radius 1 is 1.21 bits per heavy atom. The third kappa shape index (κ3) is 3.58. The maximum atomic E-state index is 9.85. The van der Waals surface area contributed by atoms with E-state index in [2.05, 4.69) is 20.8 Å². The lowest BCUT2D eigenvalue weighted by atomic mass is 10.0. The molecule has 0 radical (unpaired) electrons. The van der Waals surface area contributed by atoms with Crippen LogP contribution in [0.3, 0.4) is 0 Å². The molecule has 0 heterocycles. The number of rotatable bonds is 5. The van der Waals surface area contributed by atoms with Gasteiger partial charge in [-0.15, -0.1) is 0 Å². The molecule has 1 saturated carbocycles. The zero-order chi connectivity index (χ0) is 10.6. The molecule has 14 heavy (non-hydrogen) atoms. The van der Waals surface area contributed by atoms with Gasteiger partial charge in [0.05, 0.1) is 18.8 Å². The molecule has 2 heteroatoms. The Morgan fingerprint density at radius 3 is 2.29 bits per heavy atom. The van der Waals surface area contributed by atoms with Crippen molar-refractivity contribution in [2.75, 3.05) is 6.61 Å². The molecule has 0 aromatic rings. The molecule has 0 aromatic heterocycles. The van der Waals surface area contributed by atoms with E-state index in [1.54, 1.807) is 0 Å². The molecule has 0 aliphatic heterocycles. The third-order valence-electron chi connectivity index (χ3n) is 3.41. The van der Waals surface area contributed by atoms with E-state index in [0.29, 0.717) is 18.4 Å². The summed E-state index contributed by atoms with van der Waals surface area (Å²) in [6, 6.07) is 0. The van der Waals surface area contributed by atoms with Crippen LogP contribution in [-0.4, -0.2) is 23.9 Å². The second-order valence-corrected chi connectivity index (χ2v) is 4.89. The van der Waals surface area contributed by atoms with Crippen LogP contribution in [0.4, 0.5) is 0 Å². The second kappa shape index (κ2) is 5.72. The van der Waals surface area contributed by atoms with Gasteiger partial charge in [0, 0.05) is 0 Å². The van der Waals surface area contributed by atoms with Gasteiger partial charge in [0.15, 0.2) is 0 Å². The monoisotopic (exact) mass is 200 g/mol. The minimum Gasteiger partial charge on any atom is -0.390 e. The molecule has 0 spiro atoms. The van der Waals surface area contributed by atoms with Crippen LogP contribution in [0.5, 0.6) is 0 Å². The van der Waals surface area contributed by atoms with Crippen molar-refractivity contribution in [1.82, 2.24) is 0 Å². The fraction of sp³-hybridized carbons (Fsp3) is 1.00. The quantitative estimate of drug-likeness (QED) is 0.739. The summed E-state index contributed by atoms with van der Waals surface area (Å²) < 4.78 is 5.63. The second-order valence-electron chi connectivity index (χ2n) is 4.89. The molecule has 2 atom stereocenters. The topological polar surface area (TPSA) is 29.5 Å². The molecule has 2 nitrogen and oxygen atoms in total. The molecule has 0 aromatic carbocycles. The van der Waals surface area contributed by atoms with Crippen LogP contribution in [-0.2, 0) is 4.74 Å². The Bertz CT molecular complexity index is 150. The predicted octanol–water partition coefficient (Wildman–Crippen LogP) is 2.60. The summed E-state index contributed by atoms with van der Waals surface area (Å²) in [4.78, 5) is 0. The van der Waals surface area contributed by atoms with Crippen molar-refractivity contribution < 1.29 is 9.84 Å². The molecule has 2 unspecified atom stereocenters. The highest BCUT2D eigenvalue weighted by atomic mass is 16.5. The smallest absolute Gasteiger partial charge is 0.0801 e. The summed E-state index contributed by atoms with van der Waals surface area (Å²) in [5.74, 6) is 1.03. The zero-order valence-corrected chi connectivity index (χ0v) is 9.70. The first kappa shape index (κ1) is 12.0. The largest absolute Gasteiger partial charge is 0.390 e. The maximum absolute atomic E-state index is 9.85. The van der Waals surface area contributed by atoms with E-state index in [9.17, 15) is 5.11 Å². The van der Waals surface area contributed by atoms with Gasteiger partial charge in [-0.25, -0.2) is 0 Å². The van der Waals surface area contributed by atoms with Crippen LogP contribution in [0.15, 0.2) is 0 Å². The molecular formula is C12H24O2. The standard InChI is InChI=1S/C12H24O2/c1-9(2)10(3)14-8-12(13)11-6-4-5-7-11/h9-13H,4-8H2,1-3H3. The Kier molecular flexibility index (Phi) is 4.90. The van der Waals surface area contributed by atoms with E-state index in [-0.39, 0.29) is 12.2 Å². The molecular weight excluding hydrogens is 176 g/mol. The van der Waals surface area contributed by atoms with Crippen molar-refractivity contribution in [2.45, 2.75) is 58.7 Å². The minimum absolute atomic E-state index is 0.237. The van der Waals surface area contributed by atoms with E-state index in [1.807, 2.05) is 0 Å². The summed E-state index contributed by atoms with van der Waals surface area (Å²) in [6.07, 6.45) is 4.94. The molecule has 0 saturated heterocycles. The number of aliphatic hydroxyl groups is 1. The van der Waals surface area contributed by atoms with Gasteiger partial charge in [-0.2, -0.15) is 0 Å². The Balaban J connectivity index is 2.16. The van der Waals surface area contributed by atoms with Crippen LogP contribution < -0.4 is 0 Å². The summed E-state index contributed by atoms with van der Waals surface area (Å²) >= 11 is 0. The Hall–Kier alpha value is -0.0800. The van der Waals surface area contributed by atoms with Gasteiger partial charge in [0.2, 0.25) is 0 Å². The number of aliphatic hydroxyl groups excluding tert-OH is 1. The average Bonchev–Trinajstić information content (AvgIpc) is 2.66. The maximum Gasteiger partial charge on any atom is 0.0801 e. The fourth-order valence-electron chi connectivity index (χ4n) is 1.92. The fourth-order valence-corrected chi connectivity index (χ4v) is 1.92. The number of hydrogen-bond donors (Lipinski definition) is 1. The van der Waals surface area contributed by atoms with Crippen molar-refractivity contribution in [3.63, 3.8) is 0 Å². The van der Waals surface area contributed by atoms with E-state index < -0.39 is 0 Å². The van der Waals surface area contributed by atoms with Crippen LogP contribution >= 0.6 is 0 Å². The van der Waals surface area contributed by atoms with Crippen LogP contribution in [0.25, 0.3) is 0 Å². The van der Waals surface area contributed by atoms with Crippen LogP contribution in [0.2, 0.25) is 0 Å². The Labute approximate surface area is 87.7 Å². The summed E-state index contributed by atoms with van der Waals surface area (Å²) in [7, 11) is 0. The van der Waals surface area contributed by atoms with E-state index in [1.165, 1.54) is 25.7 Å². The van der Waals surface area contributed by atoms with Gasteiger partial charge in [0.25, 0.3) is 0 Å². The Morgan fingerprint density at radius 2 is 1.79 bits per heavy atom. The predicted molar refractivity (Wildman–Crippen MR) is 58.2 cm³/mol. The van der Waals surface area contributed by atoms with Gasteiger partial charge >= 0.3 is 0 Å². The van der Waals surface area contributed by atoms with Crippen molar-refractivity contribution in [1.29, 1.82) is 0 Å². The van der Waals surface area contributed by atoms with Gasteiger partial charge in [-0.05, 0) is 31.6 Å². The molecule has 1 N–H and O–H groups in total. The number of ether oxygens (including phenoxy) is 1. The van der Waals surface area contributed by atoms with Crippen molar-refractivity contribution in [3.05, 3.63) is 0 Å². The minimum atomic E-state index is -0.237. The zero-order valence-electron chi connectivity index (χ0n) is 9.70. The SMILES string of the molecule is CC(C)C(C)OCC(O)C1CCCC1. The van der Waals surface area contributed by atoms with Crippen molar-refractivity contribution in [2.24, 2.45) is 11.8 Å². The van der Waals surface area contributed by atoms with Crippen molar-refractivity contribution in [3.8, 4) is 0 Å². The first-order valence-electron chi connectivity index (χ1n) is 5.91. The molecule has 0 amide bonds. The third-order valence-corrected chi connectivity index (χ3v) is 3.41. The molecule has 0 bridgehead atoms. The first-order chi connectivity index (χ1) is 6.61.